The standard InChI is InChI=1S/C17H21N/c1-11-8-9-15(14(4)10-11)17(18)16-12(2)6-5-7-13(16)3/h5-10,17H,18H2,1-4H3. The Morgan fingerprint density at radius 3 is 2.00 bits per heavy atom. The zero-order valence-corrected chi connectivity index (χ0v) is 11.6. The maximum atomic E-state index is 6.47. The average Bonchev–Trinajstić information content (AvgIpc) is 2.28. The zero-order valence-electron chi connectivity index (χ0n) is 11.6. The van der Waals surface area contributed by atoms with Crippen LogP contribution in [0.25, 0.3) is 0 Å². The van der Waals surface area contributed by atoms with Gasteiger partial charge >= 0.3 is 0 Å². The zero-order chi connectivity index (χ0) is 13.3. The van der Waals surface area contributed by atoms with Crippen LogP contribution in [0.5, 0.6) is 0 Å². The van der Waals surface area contributed by atoms with Gasteiger partial charge in [-0.05, 0) is 55.5 Å². The van der Waals surface area contributed by atoms with E-state index < -0.39 is 0 Å². The number of nitrogens with two attached hydrogens (primary N) is 1. The SMILES string of the molecule is Cc1ccc(C(N)c2c(C)cccc2C)c(C)c1. The van der Waals surface area contributed by atoms with Gasteiger partial charge in [-0.1, -0.05) is 42.0 Å². The molecule has 0 saturated heterocycles. The van der Waals surface area contributed by atoms with Gasteiger partial charge in [0.25, 0.3) is 0 Å². The van der Waals surface area contributed by atoms with E-state index in [0.717, 1.165) is 0 Å². The number of aryl methyl sites for hydroxylation is 4. The Morgan fingerprint density at radius 1 is 0.833 bits per heavy atom. The van der Waals surface area contributed by atoms with Crippen molar-refractivity contribution in [1.82, 2.24) is 0 Å². The molecule has 0 fully saturated rings. The molecule has 0 heterocycles. The first-order chi connectivity index (χ1) is 8.50. The molecule has 0 bridgehead atoms. The van der Waals surface area contributed by atoms with Crippen LogP contribution < -0.4 is 5.73 Å². The van der Waals surface area contributed by atoms with Crippen molar-refractivity contribution in [3.8, 4) is 0 Å². The van der Waals surface area contributed by atoms with Crippen molar-refractivity contribution in [3.05, 3.63) is 69.8 Å². The second-order valence-corrected chi connectivity index (χ2v) is 5.14. The second-order valence-electron chi connectivity index (χ2n) is 5.14. The van der Waals surface area contributed by atoms with Crippen molar-refractivity contribution < 1.29 is 0 Å². The normalized spacial score (nSPS) is 12.5. The second kappa shape index (κ2) is 4.95. The number of benzene rings is 2. The summed E-state index contributed by atoms with van der Waals surface area (Å²) in [6, 6.07) is 12.8. The first kappa shape index (κ1) is 12.8. The predicted molar refractivity (Wildman–Crippen MR) is 77.9 cm³/mol. The van der Waals surface area contributed by atoms with Crippen molar-refractivity contribution in [1.29, 1.82) is 0 Å². The minimum absolute atomic E-state index is 0.0354. The van der Waals surface area contributed by atoms with E-state index in [4.69, 9.17) is 5.73 Å². The van der Waals surface area contributed by atoms with Gasteiger partial charge in [-0.25, -0.2) is 0 Å². The molecule has 94 valence electrons. The van der Waals surface area contributed by atoms with Crippen LogP contribution in [-0.2, 0) is 0 Å². The summed E-state index contributed by atoms with van der Waals surface area (Å²) in [5.74, 6) is 0. The smallest absolute Gasteiger partial charge is 0.0559 e. The maximum Gasteiger partial charge on any atom is 0.0559 e. The summed E-state index contributed by atoms with van der Waals surface area (Å²) < 4.78 is 0. The van der Waals surface area contributed by atoms with E-state index in [1.54, 1.807) is 0 Å². The third-order valence-electron chi connectivity index (χ3n) is 3.61. The molecule has 0 aliphatic heterocycles. The van der Waals surface area contributed by atoms with Gasteiger partial charge in [0.05, 0.1) is 6.04 Å². The van der Waals surface area contributed by atoms with Crippen LogP contribution in [0.15, 0.2) is 36.4 Å². The molecule has 2 aromatic rings. The van der Waals surface area contributed by atoms with E-state index in [9.17, 15) is 0 Å². The van der Waals surface area contributed by atoms with Gasteiger partial charge in [0.15, 0.2) is 0 Å². The molecule has 0 amide bonds. The van der Waals surface area contributed by atoms with Gasteiger partial charge in [0.2, 0.25) is 0 Å². The average molecular weight is 239 g/mol. The highest BCUT2D eigenvalue weighted by Gasteiger charge is 2.15. The third kappa shape index (κ3) is 2.32. The Labute approximate surface area is 110 Å². The highest BCUT2D eigenvalue weighted by atomic mass is 14.6. The number of hydrogen-bond acceptors (Lipinski definition) is 1. The molecule has 1 atom stereocenters. The summed E-state index contributed by atoms with van der Waals surface area (Å²) in [5, 5.41) is 0. The highest BCUT2D eigenvalue weighted by Crippen LogP contribution is 2.28. The monoisotopic (exact) mass is 239 g/mol. The summed E-state index contributed by atoms with van der Waals surface area (Å²) in [6.45, 7) is 8.51. The molecule has 0 spiro atoms. The lowest BCUT2D eigenvalue weighted by Crippen LogP contribution is -2.16. The summed E-state index contributed by atoms with van der Waals surface area (Å²) in [5.41, 5.74) is 14.0. The van der Waals surface area contributed by atoms with E-state index in [1.165, 1.54) is 33.4 Å². The molecule has 1 unspecified atom stereocenters. The summed E-state index contributed by atoms with van der Waals surface area (Å²) in [4.78, 5) is 0. The molecular weight excluding hydrogens is 218 g/mol. The lowest BCUT2D eigenvalue weighted by Gasteiger charge is -2.20. The predicted octanol–water partition coefficient (Wildman–Crippen LogP) is 3.97. The summed E-state index contributed by atoms with van der Waals surface area (Å²) in [7, 11) is 0. The Balaban J connectivity index is 2.51. The third-order valence-corrected chi connectivity index (χ3v) is 3.61. The van der Waals surface area contributed by atoms with E-state index in [2.05, 4.69) is 64.1 Å². The number of rotatable bonds is 2. The fraction of sp³-hybridized carbons (Fsp3) is 0.294. The van der Waals surface area contributed by atoms with Crippen LogP contribution in [0.1, 0.15) is 39.4 Å². The fourth-order valence-corrected chi connectivity index (χ4v) is 2.65. The van der Waals surface area contributed by atoms with Crippen molar-refractivity contribution in [2.24, 2.45) is 5.73 Å². The molecule has 18 heavy (non-hydrogen) atoms. The van der Waals surface area contributed by atoms with E-state index in [0.29, 0.717) is 0 Å². The van der Waals surface area contributed by atoms with E-state index >= 15 is 0 Å². The summed E-state index contributed by atoms with van der Waals surface area (Å²) in [6.07, 6.45) is 0. The van der Waals surface area contributed by atoms with Crippen LogP contribution in [0.2, 0.25) is 0 Å². The van der Waals surface area contributed by atoms with Gasteiger partial charge in [0, 0.05) is 0 Å². The van der Waals surface area contributed by atoms with Gasteiger partial charge in [0.1, 0.15) is 0 Å². The molecule has 2 N–H and O–H groups in total. The molecule has 0 aromatic heterocycles. The molecule has 0 aliphatic rings. The Kier molecular flexibility index (Phi) is 3.53. The molecule has 1 heteroatoms. The van der Waals surface area contributed by atoms with Gasteiger partial charge in [-0.2, -0.15) is 0 Å². The minimum Gasteiger partial charge on any atom is -0.320 e. The van der Waals surface area contributed by atoms with Crippen molar-refractivity contribution >= 4 is 0 Å². The maximum absolute atomic E-state index is 6.47. The van der Waals surface area contributed by atoms with E-state index in [1.807, 2.05) is 0 Å². The molecule has 0 radical (unpaired) electrons. The molecule has 1 nitrogen and oxygen atoms in total. The van der Waals surface area contributed by atoms with Crippen molar-refractivity contribution in [2.75, 3.05) is 0 Å². The van der Waals surface area contributed by atoms with Crippen LogP contribution >= 0.6 is 0 Å². The number of hydrogen-bond donors (Lipinski definition) is 1. The quantitative estimate of drug-likeness (QED) is 0.843. The van der Waals surface area contributed by atoms with Gasteiger partial charge in [-0.15, -0.1) is 0 Å². The minimum atomic E-state index is -0.0354. The Hall–Kier alpha value is -1.60. The largest absolute Gasteiger partial charge is 0.320 e. The van der Waals surface area contributed by atoms with Crippen LogP contribution in [0, 0.1) is 27.7 Å². The molecule has 2 aromatic carbocycles. The van der Waals surface area contributed by atoms with E-state index in [-0.39, 0.29) is 6.04 Å². The van der Waals surface area contributed by atoms with Gasteiger partial charge < -0.3 is 5.73 Å². The molecule has 0 saturated carbocycles. The first-order valence-corrected chi connectivity index (χ1v) is 6.39. The van der Waals surface area contributed by atoms with Crippen LogP contribution in [0.4, 0.5) is 0 Å². The lowest BCUT2D eigenvalue weighted by atomic mass is 9.89. The Morgan fingerprint density at radius 2 is 1.44 bits per heavy atom. The topological polar surface area (TPSA) is 26.0 Å². The highest BCUT2D eigenvalue weighted by molar-refractivity contribution is 5.44. The van der Waals surface area contributed by atoms with Crippen LogP contribution in [-0.4, -0.2) is 0 Å². The van der Waals surface area contributed by atoms with Gasteiger partial charge in [-0.3, -0.25) is 0 Å². The Bertz CT molecular complexity index is 550. The summed E-state index contributed by atoms with van der Waals surface area (Å²) >= 11 is 0. The molecule has 2 rings (SSSR count). The van der Waals surface area contributed by atoms with Crippen LogP contribution in [0.3, 0.4) is 0 Å². The fourth-order valence-electron chi connectivity index (χ4n) is 2.65. The molecular formula is C17H21N. The van der Waals surface area contributed by atoms with Crippen molar-refractivity contribution in [2.45, 2.75) is 33.7 Å². The van der Waals surface area contributed by atoms with Crippen molar-refractivity contribution in [3.63, 3.8) is 0 Å². The molecule has 0 aliphatic carbocycles. The lowest BCUT2D eigenvalue weighted by molar-refractivity contribution is 0.842. The first-order valence-electron chi connectivity index (χ1n) is 6.39.